The van der Waals surface area contributed by atoms with Crippen LogP contribution in [0.15, 0.2) is 55.4 Å². The van der Waals surface area contributed by atoms with E-state index in [2.05, 4.69) is 17.0 Å². The van der Waals surface area contributed by atoms with E-state index >= 15 is 0 Å². The van der Waals surface area contributed by atoms with E-state index in [1.165, 1.54) is 18.9 Å². The van der Waals surface area contributed by atoms with Crippen molar-refractivity contribution in [2.24, 2.45) is 5.92 Å². The predicted molar refractivity (Wildman–Crippen MR) is 108 cm³/mol. The third kappa shape index (κ3) is 3.72. The highest BCUT2D eigenvalue weighted by Crippen LogP contribution is 2.38. The summed E-state index contributed by atoms with van der Waals surface area (Å²) in [6, 6.07) is 10.2. The van der Waals surface area contributed by atoms with E-state index in [1.807, 2.05) is 41.2 Å². The fourth-order valence-corrected chi connectivity index (χ4v) is 4.34. The lowest BCUT2D eigenvalue weighted by molar-refractivity contribution is -0.131. The van der Waals surface area contributed by atoms with Gasteiger partial charge in [-0.05, 0) is 30.4 Å². The maximum absolute atomic E-state index is 13.1. The molecule has 6 nitrogen and oxygen atoms in total. The van der Waals surface area contributed by atoms with Gasteiger partial charge in [0.2, 0.25) is 11.8 Å². The smallest absolute Gasteiger partial charge is 0.246 e. The summed E-state index contributed by atoms with van der Waals surface area (Å²) >= 11 is 0. The number of anilines is 1. The molecular formula is C22H26N4O2. The van der Waals surface area contributed by atoms with Gasteiger partial charge in [0.25, 0.3) is 0 Å². The van der Waals surface area contributed by atoms with E-state index in [0.29, 0.717) is 24.7 Å². The Morgan fingerprint density at radius 2 is 1.89 bits per heavy atom. The molecule has 4 rings (SSSR count). The molecule has 2 heterocycles. The number of carbonyl (C=O) groups excluding carboxylic acids is 2. The summed E-state index contributed by atoms with van der Waals surface area (Å²) in [6.07, 6.45) is 9.46. The topological polar surface area (TPSA) is 67.2 Å². The van der Waals surface area contributed by atoms with Crippen LogP contribution >= 0.6 is 0 Å². The fourth-order valence-electron chi connectivity index (χ4n) is 4.34. The average molecular weight is 378 g/mol. The van der Waals surface area contributed by atoms with Crippen molar-refractivity contribution >= 4 is 17.5 Å². The molecule has 6 heteroatoms. The van der Waals surface area contributed by atoms with Gasteiger partial charge in [-0.25, -0.2) is 0 Å². The van der Waals surface area contributed by atoms with Crippen molar-refractivity contribution in [1.82, 2.24) is 14.7 Å². The second-order valence-corrected chi connectivity index (χ2v) is 7.73. The number of carbonyl (C=O) groups is 2. The minimum atomic E-state index is -0.128. The third-order valence-corrected chi connectivity index (χ3v) is 5.90. The van der Waals surface area contributed by atoms with Crippen LogP contribution in [0.5, 0.6) is 0 Å². The number of hydrogen-bond donors (Lipinski definition) is 1. The lowest BCUT2D eigenvalue weighted by atomic mass is 9.84. The monoisotopic (exact) mass is 378 g/mol. The summed E-state index contributed by atoms with van der Waals surface area (Å²) in [5, 5.41) is 7.45. The van der Waals surface area contributed by atoms with Crippen molar-refractivity contribution in [3.8, 4) is 0 Å². The van der Waals surface area contributed by atoms with E-state index in [4.69, 9.17) is 0 Å². The van der Waals surface area contributed by atoms with Gasteiger partial charge >= 0.3 is 0 Å². The quantitative estimate of drug-likeness (QED) is 0.784. The normalized spacial score (nSPS) is 18.5. The van der Waals surface area contributed by atoms with Gasteiger partial charge < -0.3 is 10.2 Å². The molecule has 1 unspecified atom stereocenters. The predicted octanol–water partition coefficient (Wildman–Crippen LogP) is 3.36. The molecule has 2 fully saturated rings. The molecule has 2 aliphatic rings. The van der Waals surface area contributed by atoms with E-state index < -0.39 is 0 Å². The van der Waals surface area contributed by atoms with E-state index in [0.717, 1.165) is 18.4 Å². The van der Waals surface area contributed by atoms with Crippen molar-refractivity contribution in [3.05, 3.63) is 60.9 Å². The number of benzene rings is 1. The number of hydrogen-bond acceptors (Lipinski definition) is 3. The first-order chi connectivity index (χ1) is 13.7. The molecule has 1 saturated carbocycles. The Balaban J connectivity index is 1.43. The highest BCUT2D eigenvalue weighted by Gasteiger charge is 2.33. The Labute approximate surface area is 165 Å². The first-order valence-corrected chi connectivity index (χ1v) is 9.97. The van der Waals surface area contributed by atoms with Gasteiger partial charge in [-0.1, -0.05) is 49.8 Å². The Bertz CT molecular complexity index is 848. The van der Waals surface area contributed by atoms with Crippen molar-refractivity contribution in [2.75, 3.05) is 18.4 Å². The standard InChI is InChI=1S/C22H26N4O2/c1-2-20(27)25-14-19(15-25)26-13-18(12-23-26)24-22(28)21(17-10-6-7-11-17)16-8-4-3-5-9-16/h2-5,8-9,12-13,17,19,21H,1,6-7,10-11,14-15H2,(H,24,28). The number of aromatic nitrogens is 2. The Kier molecular flexibility index (Phi) is 5.28. The fraction of sp³-hybridized carbons (Fsp3) is 0.409. The van der Waals surface area contributed by atoms with Crippen molar-refractivity contribution in [1.29, 1.82) is 0 Å². The van der Waals surface area contributed by atoms with Crippen LogP contribution in [0.1, 0.15) is 43.2 Å². The Morgan fingerprint density at radius 1 is 1.18 bits per heavy atom. The molecule has 0 spiro atoms. The van der Waals surface area contributed by atoms with Crippen LogP contribution in [0.25, 0.3) is 0 Å². The Hall–Kier alpha value is -2.89. The molecule has 28 heavy (non-hydrogen) atoms. The molecule has 146 valence electrons. The largest absolute Gasteiger partial charge is 0.335 e. The zero-order chi connectivity index (χ0) is 19.5. The van der Waals surface area contributed by atoms with Crippen LogP contribution in [0.4, 0.5) is 5.69 Å². The van der Waals surface area contributed by atoms with Gasteiger partial charge in [0.15, 0.2) is 0 Å². The molecule has 1 aliphatic heterocycles. The lowest BCUT2D eigenvalue weighted by Crippen LogP contribution is -2.50. The number of likely N-dealkylation sites (tertiary alicyclic amines) is 1. The molecule has 1 saturated heterocycles. The molecule has 2 amide bonds. The molecule has 0 radical (unpaired) electrons. The SMILES string of the molecule is C=CC(=O)N1CC(n2cc(NC(=O)C(c3ccccc3)C3CCCC3)cn2)C1. The maximum Gasteiger partial charge on any atom is 0.246 e. The van der Waals surface area contributed by atoms with Crippen LogP contribution in [0.3, 0.4) is 0 Å². The highest BCUT2D eigenvalue weighted by atomic mass is 16.2. The summed E-state index contributed by atoms with van der Waals surface area (Å²) in [5.41, 5.74) is 1.79. The first-order valence-electron chi connectivity index (χ1n) is 9.97. The molecule has 1 aromatic heterocycles. The summed E-state index contributed by atoms with van der Waals surface area (Å²) in [6.45, 7) is 4.75. The zero-order valence-corrected chi connectivity index (χ0v) is 16.0. The van der Waals surface area contributed by atoms with Crippen molar-refractivity contribution in [2.45, 2.75) is 37.6 Å². The van der Waals surface area contributed by atoms with Crippen LogP contribution < -0.4 is 5.32 Å². The summed E-state index contributed by atoms with van der Waals surface area (Å²) in [5.74, 6) is 0.243. The Morgan fingerprint density at radius 3 is 2.57 bits per heavy atom. The second kappa shape index (κ2) is 8.00. The van der Waals surface area contributed by atoms with E-state index in [1.54, 1.807) is 11.1 Å². The third-order valence-electron chi connectivity index (χ3n) is 5.90. The first kappa shape index (κ1) is 18.5. The zero-order valence-electron chi connectivity index (χ0n) is 16.0. The maximum atomic E-state index is 13.1. The molecule has 1 aromatic carbocycles. The summed E-state index contributed by atoms with van der Waals surface area (Å²) in [4.78, 5) is 26.4. The number of amides is 2. The summed E-state index contributed by atoms with van der Waals surface area (Å²) in [7, 11) is 0. The van der Waals surface area contributed by atoms with Crippen LogP contribution in [0.2, 0.25) is 0 Å². The van der Waals surface area contributed by atoms with Gasteiger partial charge in [-0.2, -0.15) is 5.10 Å². The van der Waals surface area contributed by atoms with Crippen LogP contribution in [-0.2, 0) is 9.59 Å². The van der Waals surface area contributed by atoms with Gasteiger partial charge in [0.1, 0.15) is 0 Å². The highest BCUT2D eigenvalue weighted by molar-refractivity contribution is 5.96. The molecule has 1 N–H and O–H groups in total. The molecule has 0 bridgehead atoms. The average Bonchev–Trinajstić information content (AvgIpc) is 3.34. The molecular weight excluding hydrogens is 352 g/mol. The molecule has 1 aliphatic carbocycles. The van der Waals surface area contributed by atoms with Gasteiger partial charge in [0, 0.05) is 19.3 Å². The van der Waals surface area contributed by atoms with Crippen molar-refractivity contribution in [3.63, 3.8) is 0 Å². The van der Waals surface area contributed by atoms with Gasteiger partial charge in [-0.3, -0.25) is 14.3 Å². The number of rotatable bonds is 6. The van der Waals surface area contributed by atoms with Gasteiger partial charge in [0.05, 0.1) is 23.8 Å². The minimum Gasteiger partial charge on any atom is -0.335 e. The van der Waals surface area contributed by atoms with Gasteiger partial charge in [-0.15, -0.1) is 0 Å². The second-order valence-electron chi connectivity index (χ2n) is 7.73. The minimum absolute atomic E-state index is 0.0368. The van der Waals surface area contributed by atoms with Crippen LogP contribution in [-0.4, -0.2) is 39.6 Å². The molecule has 1 atom stereocenters. The molecule has 2 aromatic rings. The number of nitrogens with one attached hydrogen (secondary N) is 1. The number of nitrogens with zero attached hydrogens (tertiary/aromatic N) is 3. The van der Waals surface area contributed by atoms with E-state index in [9.17, 15) is 9.59 Å². The van der Waals surface area contributed by atoms with Crippen LogP contribution in [0, 0.1) is 5.92 Å². The van der Waals surface area contributed by atoms with E-state index in [-0.39, 0.29) is 23.8 Å². The lowest BCUT2D eigenvalue weighted by Gasteiger charge is -2.38. The summed E-state index contributed by atoms with van der Waals surface area (Å²) < 4.78 is 1.83. The van der Waals surface area contributed by atoms with Crippen molar-refractivity contribution < 1.29 is 9.59 Å².